The number of nitrogens with zero attached hydrogens (tertiary/aromatic N) is 4. The molecule has 0 bridgehead atoms. The highest BCUT2D eigenvalue weighted by Gasteiger charge is 2.28. The number of anilines is 1. The number of carbonyl (C=O) groups excluding carboxylic acids is 1. The summed E-state index contributed by atoms with van der Waals surface area (Å²) in [5, 5.41) is 0. The Labute approximate surface area is 144 Å². The van der Waals surface area contributed by atoms with E-state index < -0.39 is 0 Å². The van der Waals surface area contributed by atoms with Crippen LogP contribution in [0.15, 0.2) is 12.1 Å². The van der Waals surface area contributed by atoms with Crippen LogP contribution in [0.4, 0.5) is 5.69 Å². The number of hydrogen-bond donors (Lipinski definition) is 0. The summed E-state index contributed by atoms with van der Waals surface area (Å²) in [7, 11) is 3.74. The molecule has 2 aliphatic heterocycles. The second-order valence-corrected chi connectivity index (χ2v) is 6.94. The predicted octanol–water partition coefficient (Wildman–Crippen LogP) is 1.10. The smallest absolute Gasteiger partial charge is 0.248 e. The molecule has 2 fully saturated rings. The molecular weight excluding hydrogens is 304 g/mol. The fourth-order valence-corrected chi connectivity index (χ4v) is 3.57. The summed E-state index contributed by atoms with van der Waals surface area (Å²) < 4.78 is 4.97. The molecule has 1 aromatic rings. The Hall–Kier alpha value is -1.66. The van der Waals surface area contributed by atoms with Crippen molar-refractivity contribution in [2.75, 3.05) is 64.9 Å². The molecule has 132 valence electrons. The molecule has 3 heterocycles. The largest absolute Gasteiger partial charge is 0.375 e. The summed E-state index contributed by atoms with van der Waals surface area (Å²) in [5.74, 6) is 0.406. The minimum absolute atomic E-state index is 0.0759. The van der Waals surface area contributed by atoms with Gasteiger partial charge < -0.3 is 19.4 Å². The van der Waals surface area contributed by atoms with Crippen LogP contribution in [0.1, 0.15) is 23.7 Å². The molecule has 1 aromatic heterocycles. The van der Waals surface area contributed by atoms with Gasteiger partial charge in [0.15, 0.2) is 0 Å². The number of ether oxygens (including phenoxy) is 1. The van der Waals surface area contributed by atoms with Gasteiger partial charge in [0.1, 0.15) is 6.61 Å². The van der Waals surface area contributed by atoms with Crippen LogP contribution in [0.5, 0.6) is 0 Å². The van der Waals surface area contributed by atoms with Crippen molar-refractivity contribution in [1.82, 2.24) is 14.8 Å². The van der Waals surface area contributed by atoms with E-state index in [1.54, 1.807) is 7.11 Å². The minimum Gasteiger partial charge on any atom is -0.375 e. The maximum atomic E-state index is 12.0. The minimum atomic E-state index is 0.0759. The van der Waals surface area contributed by atoms with Crippen molar-refractivity contribution in [3.8, 4) is 0 Å². The summed E-state index contributed by atoms with van der Waals surface area (Å²) >= 11 is 0. The van der Waals surface area contributed by atoms with Crippen LogP contribution in [0.2, 0.25) is 0 Å². The molecule has 1 amide bonds. The topological polar surface area (TPSA) is 48.9 Å². The monoisotopic (exact) mass is 332 g/mol. The molecule has 0 spiro atoms. The van der Waals surface area contributed by atoms with Crippen molar-refractivity contribution in [2.45, 2.75) is 19.3 Å². The first-order valence-electron chi connectivity index (χ1n) is 8.75. The molecule has 0 saturated carbocycles. The number of methoxy groups -OCH3 is 1. The van der Waals surface area contributed by atoms with E-state index in [1.165, 1.54) is 5.69 Å². The first-order valence-corrected chi connectivity index (χ1v) is 8.75. The molecule has 0 N–H and O–H groups in total. The average Bonchev–Trinajstić information content (AvgIpc) is 3.05. The van der Waals surface area contributed by atoms with Crippen LogP contribution in [-0.2, 0) is 9.53 Å². The normalized spacial score (nSPS) is 22.2. The number of likely N-dealkylation sites (N-methyl/N-ethyl adjacent to an activating group) is 1. The van der Waals surface area contributed by atoms with Crippen molar-refractivity contribution < 1.29 is 9.53 Å². The van der Waals surface area contributed by atoms with Gasteiger partial charge in [0.2, 0.25) is 5.91 Å². The second kappa shape index (κ2) is 7.49. The van der Waals surface area contributed by atoms with Gasteiger partial charge in [-0.05, 0) is 32.5 Å². The molecule has 0 radical (unpaired) electrons. The molecule has 3 rings (SSSR count). The number of aromatic nitrogens is 1. The number of carbonyl (C=O) groups is 1. The van der Waals surface area contributed by atoms with Gasteiger partial charge in [0, 0.05) is 69.4 Å². The quantitative estimate of drug-likeness (QED) is 0.826. The molecular formula is C18H28N4O2. The van der Waals surface area contributed by atoms with Crippen LogP contribution >= 0.6 is 0 Å². The first-order chi connectivity index (χ1) is 11.6. The van der Waals surface area contributed by atoms with Gasteiger partial charge in [-0.2, -0.15) is 0 Å². The summed E-state index contributed by atoms with van der Waals surface area (Å²) in [6.07, 6.45) is 0.980. The number of likely N-dealkylation sites (tertiary alicyclic amines) is 1. The van der Waals surface area contributed by atoms with Crippen molar-refractivity contribution in [3.05, 3.63) is 23.5 Å². The molecule has 2 saturated heterocycles. The zero-order valence-corrected chi connectivity index (χ0v) is 15.0. The van der Waals surface area contributed by atoms with Gasteiger partial charge in [-0.1, -0.05) is 0 Å². The van der Waals surface area contributed by atoms with Crippen molar-refractivity contribution >= 4 is 11.6 Å². The SMILES string of the molecule is COCC(=O)N1CC[C@@H](c2cc(N3CCN(C)CC3)cc(C)n2)C1. The van der Waals surface area contributed by atoms with Gasteiger partial charge in [-0.15, -0.1) is 0 Å². The van der Waals surface area contributed by atoms with Gasteiger partial charge in [-0.25, -0.2) is 0 Å². The Morgan fingerprint density at radius 2 is 2.00 bits per heavy atom. The fraction of sp³-hybridized carbons (Fsp3) is 0.667. The summed E-state index contributed by atoms with van der Waals surface area (Å²) in [5.41, 5.74) is 3.45. The lowest BCUT2D eigenvalue weighted by molar-refractivity contribution is -0.134. The van der Waals surface area contributed by atoms with Crippen molar-refractivity contribution in [1.29, 1.82) is 0 Å². The van der Waals surface area contributed by atoms with Crippen molar-refractivity contribution in [3.63, 3.8) is 0 Å². The number of hydrogen-bond acceptors (Lipinski definition) is 5. The zero-order valence-electron chi connectivity index (χ0n) is 15.0. The van der Waals surface area contributed by atoms with E-state index in [0.29, 0.717) is 5.92 Å². The van der Waals surface area contributed by atoms with Gasteiger partial charge >= 0.3 is 0 Å². The summed E-state index contributed by atoms with van der Waals surface area (Å²) in [4.78, 5) is 23.5. The maximum absolute atomic E-state index is 12.0. The summed E-state index contributed by atoms with van der Waals surface area (Å²) in [6.45, 7) is 8.09. The van der Waals surface area contributed by atoms with Crippen LogP contribution in [0, 0.1) is 6.92 Å². The fourth-order valence-electron chi connectivity index (χ4n) is 3.57. The molecule has 6 heteroatoms. The van der Waals surface area contributed by atoms with E-state index in [-0.39, 0.29) is 12.5 Å². The predicted molar refractivity (Wildman–Crippen MR) is 94.5 cm³/mol. The molecule has 6 nitrogen and oxygen atoms in total. The molecule has 0 unspecified atom stereocenters. The van der Waals surface area contributed by atoms with Crippen LogP contribution in [0.25, 0.3) is 0 Å². The van der Waals surface area contributed by atoms with E-state index in [0.717, 1.165) is 57.1 Å². The first kappa shape index (κ1) is 17.2. The maximum Gasteiger partial charge on any atom is 0.248 e. The second-order valence-electron chi connectivity index (χ2n) is 6.94. The van der Waals surface area contributed by atoms with Crippen molar-refractivity contribution in [2.24, 2.45) is 0 Å². The molecule has 1 atom stereocenters. The highest BCUT2D eigenvalue weighted by atomic mass is 16.5. The van der Waals surface area contributed by atoms with Crippen LogP contribution < -0.4 is 4.90 Å². The number of rotatable bonds is 4. The van der Waals surface area contributed by atoms with E-state index >= 15 is 0 Å². The Morgan fingerprint density at radius 3 is 2.71 bits per heavy atom. The lowest BCUT2D eigenvalue weighted by Gasteiger charge is -2.34. The highest BCUT2D eigenvalue weighted by Crippen LogP contribution is 2.29. The number of aryl methyl sites for hydroxylation is 1. The van der Waals surface area contributed by atoms with Crippen LogP contribution in [0.3, 0.4) is 0 Å². The Balaban J connectivity index is 1.71. The third kappa shape index (κ3) is 3.87. The van der Waals surface area contributed by atoms with Gasteiger partial charge in [0.05, 0.1) is 0 Å². The van der Waals surface area contributed by atoms with E-state index in [9.17, 15) is 4.79 Å². The van der Waals surface area contributed by atoms with Gasteiger partial charge in [-0.3, -0.25) is 9.78 Å². The van der Waals surface area contributed by atoms with Crippen LogP contribution in [-0.4, -0.2) is 80.7 Å². The third-order valence-corrected chi connectivity index (χ3v) is 5.05. The molecule has 24 heavy (non-hydrogen) atoms. The lowest BCUT2D eigenvalue weighted by atomic mass is 10.0. The third-order valence-electron chi connectivity index (χ3n) is 5.05. The molecule has 0 aliphatic carbocycles. The summed E-state index contributed by atoms with van der Waals surface area (Å²) in [6, 6.07) is 4.41. The number of piperazine rings is 1. The zero-order chi connectivity index (χ0) is 17.1. The average molecular weight is 332 g/mol. The Kier molecular flexibility index (Phi) is 5.36. The lowest BCUT2D eigenvalue weighted by Crippen LogP contribution is -2.44. The van der Waals surface area contributed by atoms with Gasteiger partial charge in [0.25, 0.3) is 0 Å². The van der Waals surface area contributed by atoms with E-state index in [2.05, 4.69) is 35.9 Å². The van der Waals surface area contributed by atoms with E-state index in [4.69, 9.17) is 9.72 Å². The molecule has 2 aliphatic rings. The Morgan fingerprint density at radius 1 is 1.25 bits per heavy atom. The number of pyridine rings is 1. The number of amides is 1. The van der Waals surface area contributed by atoms with E-state index in [1.807, 2.05) is 4.90 Å². The molecule has 0 aromatic carbocycles. The standard InChI is InChI=1S/C18H28N4O2/c1-14-10-16(21-8-6-20(2)7-9-21)11-17(19-14)15-4-5-22(12-15)18(23)13-24-3/h10-11,15H,4-9,12-13H2,1-3H3/t15-/m1/s1. The highest BCUT2D eigenvalue weighted by molar-refractivity contribution is 5.77. The Bertz CT molecular complexity index is 584.